The lowest BCUT2D eigenvalue weighted by Gasteiger charge is -2.29. The third kappa shape index (κ3) is 4.78. The second-order valence-corrected chi connectivity index (χ2v) is 7.62. The minimum absolute atomic E-state index is 0.0821. The first-order valence-electron chi connectivity index (χ1n) is 10.2. The number of halogens is 4. The molecule has 0 saturated heterocycles. The molecule has 1 aliphatic rings. The molecule has 164 valence electrons. The van der Waals surface area contributed by atoms with Crippen molar-refractivity contribution in [1.82, 2.24) is 0 Å². The maximum absolute atomic E-state index is 14.4. The summed E-state index contributed by atoms with van der Waals surface area (Å²) in [7, 11) is 0. The summed E-state index contributed by atoms with van der Waals surface area (Å²) in [5.74, 6) is -4.15. The molecule has 0 radical (unpaired) electrons. The van der Waals surface area contributed by atoms with E-state index in [1.807, 2.05) is 0 Å². The van der Waals surface area contributed by atoms with Crippen molar-refractivity contribution in [1.29, 1.82) is 0 Å². The van der Waals surface area contributed by atoms with Gasteiger partial charge in [0.25, 0.3) is 0 Å². The smallest absolute Gasteiger partial charge is 0.200 e. The normalized spacial score (nSPS) is 20.2. The van der Waals surface area contributed by atoms with Crippen LogP contribution in [0.4, 0.5) is 17.6 Å². The molecule has 2 aromatic carbocycles. The minimum Gasteiger partial charge on any atom is -0.491 e. The van der Waals surface area contributed by atoms with Crippen LogP contribution in [0.1, 0.15) is 68.2 Å². The van der Waals surface area contributed by atoms with Gasteiger partial charge in [0.1, 0.15) is 0 Å². The highest BCUT2D eigenvalue weighted by molar-refractivity contribution is 5.33. The van der Waals surface area contributed by atoms with Crippen LogP contribution in [0.15, 0.2) is 24.3 Å². The van der Waals surface area contributed by atoms with Crippen LogP contribution in [0.5, 0.6) is 5.75 Å². The molecule has 0 spiro atoms. The van der Waals surface area contributed by atoms with Crippen LogP contribution >= 0.6 is 0 Å². The van der Waals surface area contributed by atoms with Gasteiger partial charge in [0.05, 0.1) is 25.4 Å². The van der Waals surface area contributed by atoms with Crippen molar-refractivity contribution in [2.45, 2.75) is 64.3 Å². The van der Waals surface area contributed by atoms with Crippen LogP contribution in [0, 0.1) is 23.3 Å². The maximum Gasteiger partial charge on any atom is 0.200 e. The molecule has 0 heterocycles. The topological polar surface area (TPSA) is 38.7 Å². The molecule has 0 bridgehead atoms. The van der Waals surface area contributed by atoms with E-state index < -0.39 is 29.4 Å². The van der Waals surface area contributed by atoms with Gasteiger partial charge < -0.3 is 14.6 Å². The molecule has 30 heavy (non-hydrogen) atoms. The fourth-order valence-corrected chi connectivity index (χ4v) is 3.92. The van der Waals surface area contributed by atoms with Crippen LogP contribution in [0.3, 0.4) is 0 Å². The van der Waals surface area contributed by atoms with Crippen molar-refractivity contribution in [3.05, 3.63) is 64.2 Å². The largest absolute Gasteiger partial charge is 0.491 e. The van der Waals surface area contributed by atoms with E-state index in [1.54, 1.807) is 13.0 Å². The zero-order chi connectivity index (χ0) is 21.8. The van der Waals surface area contributed by atoms with Gasteiger partial charge in [-0.1, -0.05) is 18.2 Å². The molecule has 1 unspecified atom stereocenters. The fraction of sp³-hybridized carbons (Fsp3) is 0.478. The SMILES string of the molecule is CCOc1ccc(C2CCC(OCc3ccc(C(C)O)c(F)c3F)CC2)c(F)c1F. The zero-order valence-electron chi connectivity index (χ0n) is 17.1. The Morgan fingerprint density at radius 2 is 1.63 bits per heavy atom. The third-order valence-electron chi connectivity index (χ3n) is 5.61. The zero-order valence-corrected chi connectivity index (χ0v) is 17.1. The molecule has 1 aliphatic carbocycles. The van der Waals surface area contributed by atoms with Crippen molar-refractivity contribution < 1.29 is 32.1 Å². The Morgan fingerprint density at radius 1 is 0.933 bits per heavy atom. The van der Waals surface area contributed by atoms with E-state index >= 15 is 0 Å². The van der Waals surface area contributed by atoms with E-state index in [1.165, 1.54) is 25.1 Å². The summed E-state index contributed by atoms with van der Waals surface area (Å²) in [6.07, 6.45) is 1.15. The molecule has 3 nitrogen and oxygen atoms in total. The Balaban J connectivity index is 1.58. The Morgan fingerprint density at radius 3 is 2.27 bits per heavy atom. The molecule has 1 N–H and O–H groups in total. The van der Waals surface area contributed by atoms with E-state index in [2.05, 4.69) is 0 Å². The van der Waals surface area contributed by atoms with E-state index in [9.17, 15) is 22.7 Å². The summed E-state index contributed by atoms with van der Waals surface area (Å²) in [5, 5.41) is 9.46. The number of rotatable bonds is 7. The first-order chi connectivity index (χ1) is 14.3. The van der Waals surface area contributed by atoms with Gasteiger partial charge in [0.2, 0.25) is 5.82 Å². The first-order valence-corrected chi connectivity index (χ1v) is 10.2. The quantitative estimate of drug-likeness (QED) is 0.557. The van der Waals surface area contributed by atoms with Crippen molar-refractivity contribution in [3.8, 4) is 5.75 Å². The van der Waals surface area contributed by atoms with Gasteiger partial charge in [0, 0.05) is 11.1 Å². The Hall–Kier alpha value is -2.12. The lowest BCUT2D eigenvalue weighted by Crippen LogP contribution is -2.22. The molecule has 7 heteroatoms. The summed E-state index contributed by atoms with van der Waals surface area (Å²) >= 11 is 0. The van der Waals surface area contributed by atoms with Crippen LogP contribution in [-0.4, -0.2) is 17.8 Å². The lowest BCUT2D eigenvalue weighted by molar-refractivity contribution is 0.0116. The monoisotopic (exact) mass is 426 g/mol. The first kappa shape index (κ1) is 22.6. The predicted octanol–water partition coefficient (Wildman–Crippen LogP) is 5.94. The van der Waals surface area contributed by atoms with Crippen LogP contribution < -0.4 is 4.74 Å². The predicted molar refractivity (Wildman–Crippen MR) is 104 cm³/mol. The highest BCUT2D eigenvalue weighted by atomic mass is 19.2. The Labute approximate surface area is 173 Å². The van der Waals surface area contributed by atoms with Gasteiger partial charge in [-0.3, -0.25) is 0 Å². The molecule has 3 rings (SSSR count). The van der Waals surface area contributed by atoms with Crippen LogP contribution in [0.25, 0.3) is 0 Å². The van der Waals surface area contributed by atoms with Crippen molar-refractivity contribution >= 4 is 0 Å². The fourth-order valence-electron chi connectivity index (χ4n) is 3.92. The maximum atomic E-state index is 14.4. The highest BCUT2D eigenvalue weighted by Crippen LogP contribution is 2.37. The van der Waals surface area contributed by atoms with E-state index in [0.29, 0.717) is 31.2 Å². The second kappa shape index (κ2) is 9.79. The highest BCUT2D eigenvalue weighted by Gasteiger charge is 2.27. The summed E-state index contributed by atoms with van der Waals surface area (Å²) in [4.78, 5) is 0. The van der Waals surface area contributed by atoms with Crippen molar-refractivity contribution in [2.24, 2.45) is 0 Å². The number of hydrogen-bond donors (Lipinski definition) is 1. The average Bonchev–Trinajstić information content (AvgIpc) is 2.73. The molecular weight excluding hydrogens is 400 g/mol. The summed E-state index contributed by atoms with van der Waals surface area (Å²) in [5.41, 5.74) is 0.316. The van der Waals surface area contributed by atoms with Gasteiger partial charge in [-0.25, -0.2) is 13.2 Å². The molecule has 0 amide bonds. The van der Waals surface area contributed by atoms with Gasteiger partial charge in [-0.2, -0.15) is 4.39 Å². The van der Waals surface area contributed by atoms with Crippen LogP contribution in [-0.2, 0) is 11.3 Å². The van der Waals surface area contributed by atoms with E-state index in [-0.39, 0.29) is 42.1 Å². The standard InChI is InChI=1S/C23H26F4O3/c1-3-29-19-11-10-18(22(26)23(19)27)14-4-7-16(8-5-14)30-12-15-6-9-17(13(2)28)21(25)20(15)24/h6,9-11,13-14,16,28H,3-5,7-8,12H2,1-2H3. The van der Waals surface area contributed by atoms with Gasteiger partial charge in [0.15, 0.2) is 23.2 Å². The van der Waals surface area contributed by atoms with Crippen LogP contribution in [0.2, 0.25) is 0 Å². The summed E-state index contributed by atoms with van der Waals surface area (Å²) in [6, 6.07) is 5.78. The Bertz CT molecular complexity index is 877. The molecule has 1 atom stereocenters. The van der Waals surface area contributed by atoms with Gasteiger partial charge in [-0.15, -0.1) is 0 Å². The summed E-state index contributed by atoms with van der Waals surface area (Å²) in [6.45, 7) is 3.23. The number of hydrogen-bond acceptors (Lipinski definition) is 3. The molecule has 2 aromatic rings. The van der Waals surface area contributed by atoms with Gasteiger partial charge >= 0.3 is 0 Å². The molecule has 0 aromatic heterocycles. The molecule has 1 fully saturated rings. The average molecular weight is 426 g/mol. The number of benzene rings is 2. The molecule has 1 saturated carbocycles. The number of aliphatic hydroxyl groups excluding tert-OH is 1. The van der Waals surface area contributed by atoms with E-state index in [0.717, 1.165) is 0 Å². The summed E-state index contributed by atoms with van der Waals surface area (Å²) < 4.78 is 67.6. The number of aliphatic hydroxyl groups is 1. The Kier molecular flexibility index (Phi) is 7.36. The third-order valence-corrected chi connectivity index (χ3v) is 5.61. The lowest BCUT2D eigenvalue weighted by atomic mass is 9.82. The van der Waals surface area contributed by atoms with Crippen molar-refractivity contribution in [2.75, 3.05) is 6.61 Å². The molecular formula is C23H26F4O3. The minimum atomic E-state index is -1.10. The number of ether oxygens (including phenoxy) is 2. The van der Waals surface area contributed by atoms with Crippen molar-refractivity contribution in [3.63, 3.8) is 0 Å². The second-order valence-electron chi connectivity index (χ2n) is 7.62. The molecule has 0 aliphatic heterocycles. The van der Waals surface area contributed by atoms with Gasteiger partial charge in [-0.05, 0) is 57.1 Å². The van der Waals surface area contributed by atoms with E-state index in [4.69, 9.17) is 9.47 Å².